The Kier molecular flexibility index (Phi) is 6.63. The van der Waals surface area contributed by atoms with Gasteiger partial charge in [0.05, 0.1) is 0 Å². The molecule has 26 heavy (non-hydrogen) atoms. The first-order chi connectivity index (χ1) is 12.5. The van der Waals surface area contributed by atoms with Crippen LogP contribution in [0.5, 0.6) is 0 Å². The third kappa shape index (κ3) is 5.03. The lowest BCUT2D eigenvalue weighted by atomic mass is 9.94. The number of hydrogen-bond acceptors (Lipinski definition) is 2. The highest BCUT2D eigenvalue weighted by Crippen LogP contribution is 2.23. The van der Waals surface area contributed by atoms with E-state index in [4.69, 9.17) is 0 Å². The summed E-state index contributed by atoms with van der Waals surface area (Å²) in [5.41, 5.74) is 3.82. The van der Waals surface area contributed by atoms with Crippen LogP contribution in [-0.4, -0.2) is 30.3 Å². The molecule has 0 spiro atoms. The highest BCUT2D eigenvalue weighted by Gasteiger charge is 2.25. The average molecular weight is 475 g/mol. The van der Waals surface area contributed by atoms with E-state index in [0.717, 1.165) is 44.2 Å². The van der Waals surface area contributed by atoms with Gasteiger partial charge in [-0.2, -0.15) is 0 Å². The van der Waals surface area contributed by atoms with Crippen LogP contribution in [0.2, 0.25) is 0 Å². The first kappa shape index (κ1) is 19.3. The molecule has 0 atom stereocenters. The van der Waals surface area contributed by atoms with Crippen LogP contribution in [0.25, 0.3) is 12.2 Å². The third-order valence-corrected chi connectivity index (χ3v) is 5.39. The van der Waals surface area contributed by atoms with Gasteiger partial charge in [-0.3, -0.25) is 9.69 Å². The van der Waals surface area contributed by atoms with Crippen LogP contribution in [0.1, 0.15) is 24.5 Å². The Hall–Kier alpha value is -1.49. The van der Waals surface area contributed by atoms with E-state index in [1.54, 1.807) is 0 Å². The summed E-state index contributed by atoms with van der Waals surface area (Å²) in [4.78, 5) is 15.4. The molecule has 134 valence electrons. The molecule has 2 aromatic rings. The van der Waals surface area contributed by atoms with Crippen molar-refractivity contribution in [1.82, 2.24) is 4.90 Å². The maximum Gasteiger partial charge on any atom is 0.187 e. The second kappa shape index (κ2) is 8.94. The summed E-state index contributed by atoms with van der Waals surface area (Å²) in [6.45, 7) is 4.58. The van der Waals surface area contributed by atoms with E-state index in [1.165, 1.54) is 0 Å². The minimum absolute atomic E-state index is 0.156. The van der Waals surface area contributed by atoms with Gasteiger partial charge in [-0.1, -0.05) is 63.0 Å². The normalized spacial score (nSPS) is 18.7. The smallest absolute Gasteiger partial charge is 0.187 e. The Labute approximate surface area is 171 Å². The summed E-state index contributed by atoms with van der Waals surface area (Å²) in [7, 11) is 0. The van der Waals surface area contributed by atoms with Crippen molar-refractivity contribution in [2.24, 2.45) is 0 Å². The van der Waals surface area contributed by atoms with Crippen molar-refractivity contribution in [3.8, 4) is 0 Å². The number of rotatable bonds is 4. The molecule has 0 saturated carbocycles. The number of Topliss-reactive ketones (excluding diaryl/α,β-unsaturated/α-hetero) is 1. The Bertz CT molecular complexity index is 768. The van der Waals surface area contributed by atoms with Crippen LogP contribution in [0.15, 0.2) is 68.6 Å². The fraction of sp³-hybridized carbons (Fsp3) is 0.227. The van der Waals surface area contributed by atoms with E-state index < -0.39 is 0 Å². The first-order valence-electron chi connectivity index (χ1n) is 8.74. The molecule has 0 N–H and O–H groups in total. The number of piperidine rings is 1. The van der Waals surface area contributed by atoms with Crippen LogP contribution >= 0.6 is 31.9 Å². The van der Waals surface area contributed by atoms with Crippen molar-refractivity contribution < 1.29 is 4.79 Å². The zero-order chi connectivity index (χ0) is 18.5. The molecule has 2 nitrogen and oxygen atoms in total. The maximum absolute atomic E-state index is 13.0. The van der Waals surface area contributed by atoms with Gasteiger partial charge < -0.3 is 0 Å². The molecule has 1 aliphatic heterocycles. The fourth-order valence-electron chi connectivity index (χ4n) is 3.10. The molecule has 2 aromatic carbocycles. The molecule has 3 rings (SSSR count). The van der Waals surface area contributed by atoms with Crippen molar-refractivity contribution in [3.05, 3.63) is 79.7 Å². The summed E-state index contributed by atoms with van der Waals surface area (Å²) < 4.78 is 2.08. The van der Waals surface area contributed by atoms with Crippen LogP contribution in [0.3, 0.4) is 0 Å². The zero-order valence-electron chi connectivity index (χ0n) is 14.7. The van der Waals surface area contributed by atoms with Crippen molar-refractivity contribution >= 4 is 49.8 Å². The highest BCUT2D eigenvalue weighted by atomic mass is 79.9. The molecule has 0 aliphatic carbocycles. The molecule has 1 saturated heterocycles. The molecular formula is C22H21Br2NO. The number of ketones is 1. The summed E-state index contributed by atoms with van der Waals surface area (Å²) in [6, 6.07) is 16.1. The van der Waals surface area contributed by atoms with Gasteiger partial charge >= 0.3 is 0 Å². The molecule has 0 bridgehead atoms. The standard InChI is InChI=1S/C22H21Br2NO/c1-2-11-25-14-18(12-16-3-7-20(23)8-4-16)22(26)19(15-25)13-17-5-9-21(24)10-6-17/h3-10,12-13H,2,11,14-15H2,1H3/b18-12+,19-13+. The zero-order valence-corrected chi connectivity index (χ0v) is 17.9. The monoisotopic (exact) mass is 473 g/mol. The van der Waals surface area contributed by atoms with Gasteiger partial charge in [0.1, 0.15) is 0 Å². The number of nitrogens with zero attached hydrogens (tertiary/aromatic N) is 1. The summed E-state index contributed by atoms with van der Waals surface area (Å²) in [6.07, 6.45) is 5.11. The predicted octanol–water partition coefficient (Wildman–Crippen LogP) is 5.97. The molecule has 1 aliphatic rings. The van der Waals surface area contributed by atoms with Crippen LogP contribution < -0.4 is 0 Å². The van der Waals surface area contributed by atoms with Crippen molar-refractivity contribution in [2.75, 3.05) is 19.6 Å². The second-order valence-corrected chi connectivity index (χ2v) is 8.31. The van der Waals surface area contributed by atoms with Gasteiger partial charge in [0.25, 0.3) is 0 Å². The Morgan fingerprint density at radius 3 is 1.65 bits per heavy atom. The Morgan fingerprint density at radius 1 is 0.846 bits per heavy atom. The van der Waals surface area contributed by atoms with Gasteiger partial charge in [-0.05, 0) is 60.5 Å². The van der Waals surface area contributed by atoms with Gasteiger partial charge in [-0.25, -0.2) is 0 Å². The Balaban J connectivity index is 1.93. The molecule has 4 heteroatoms. The molecule has 1 fully saturated rings. The average Bonchev–Trinajstić information content (AvgIpc) is 2.63. The van der Waals surface area contributed by atoms with Crippen molar-refractivity contribution in [1.29, 1.82) is 0 Å². The van der Waals surface area contributed by atoms with E-state index in [1.807, 2.05) is 60.7 Å². The number of carbonyl (C=O) groups is 1. The number of halogens is 2. The lowest BCUT2D eigenvalue weighted by Gasteiger charge is -2.29. The number of likely N-dealkylation sites (tertiary alicyclic amines) is 1. The van der Waals surface area contributed by atoms with Gasteiger partial charge in [0.2, 0.25) is 0 Å². The van der Waals surface area contributed by atoms with E-state index in [0.29, 0.717) is 13.1 Å². The maximum atomic E-state index is 13.0. The molecule has 1 heterocycles. The molecular weight excluding hydrogens is 454 g/mol. The summed E-state index contributed by atoms with van der Waals surface area (Å²) in [5, 5.41) is 0. The largest absolute Gasteiger partial charge is 0.295 e. The van der Waals surface area contributed by atoms with Crippen LogP contribution in [0.4, 0.5) is 0 Å². The minimum atomic E-state index is 0.156. The molecule has 0 amide bonds. The van der Waals surface area contributed by atoms with Gasteiger partial charge in [0, 0.05) is 33.2 Å². The van der Waals surface area contributed by atoms with Crippen LogP contribution in [0, 0.1) is 0 Å². The topological polar surface area (TPSA) is 20.3 Å². The molecule has 0 aromatic heterocycles. The molecule has 0 radical (unpaired) electrons. The van der Waals surface area contributed by atoms with Gasteiger partial charge in [-0.15, -0.1) is 0 Å². The fourth-order valence-corrected chi connectivity index (χ4v) is 3.63. The molecule has 0 unspecified atom stereocenters. The van der Waals surface area contributed by atoms with E-state index in [9.17, 15) is 4.79 Å². The van der Waals surface area contributed by atoms with E-state index in [2.05, 4.69) is 43.7 Å². The minimum Gasteiger partial charge on any atom is -0.295 e. The third-order valence-electron chi connectivity index (χ3n) is 4.33. The quantitative estimate of drug-likeness (QED) is 0.508. The Morgan fingerprint density at radius 2 is 1.27 bits per heavy atom. The van der Waals surface area contributed by atoms with Crippen molar-refractivity contribution in [2.45, 2.75) is 13.3 Å². The predicted molar refractivity (Wildman–Crippen MR) is 116 cm³/mol. The first-order valence-corrected chi connectivity index (χ1v) is 10.3. The number of benzene rings is 2. The highest BCUT2D eigenvalue weighted by molar-refractivity contribution is 9.10. The summed E-state index contributed by atoms with van der Waals surface area (Å²) >= 11 is 6.91. The lowest BCUT2D eigenvalue weighted by molar-refractivity contribution is -0.113. The number of carbonyl (C=O) groups excluding carboxylic acids is 1. The van der Waals surface area contributed by atoms with Crippen molar-refractivity contribution in [3.63, 3.8) is 0 Å². The second-order valence-electron chi connectivity index (χ2n) is 6.48. The van der Waals surface area contributed by atoms with Crippen LogP contribution in [-0.2, 0) is 4.79 Å². The van der Waals surface area contributed by atoms with E-state index in [-0.39, 0.29) is 5.78 Å². The SMILES string of the molecule is CCCN1C/C(=C\c2ccc(Br)cc2)C(=O)/C(=C/c2ccc(Br)cc2)C1. The van der Waals surface area contributed by atoms with E-state index >= 15 is 0 Å². The van der Waals surface area contributed by atoms with Gasteiger partial charge in [0.15, 0.2) is 5.78 Å². The lowest BCUT2D eigenvalue weighted by Crippen LogP contribution is -2.38. The summed E-state index contributed by atoms with van der Waals surface area (Å²) in [5.74, 6) is 0.156. The number of hydrogen-bond donors (Lipinski definition) is 0.